The van der Waals surface area contributed by atoms with E-state index in [1.807, 2.05) is 0 Å². The predicted octanol–water partition coefficient (Wildman–Crippen LogP) is 3.40. The fourth-order valence-electron chi connectivity index (χ4n) is 3.48. The van der Waals surface area contributed by atoms with Crippen molar-refractivity contribution >= 4 is 12.1 Å². The fraction of sp³-hybridized carbons (Fsp3) is 0.500. The third-order valence-electron chi connectivity index (χ3n) is 3.86. The molecule has 1 aliphatic heterocycles. The van der Waals surface area contributed by atoms with Gasteiger partial charge in [0.2, 0.25) is 0 Å². The van der Waals surface area contributed by atoms with E-state index in [0.29, 0.717) is 5.56 Å². The van der Waals surface area contributed by atoms with Gasteiger partial charge in [-0.1, -0.05) is 12.1 Å². The molecular weight excluding hydrogens is 293 g/mol. The normalized spacial score (nSPS) is 20.4. The number of carbonyl (C=O) groups is 1. The number of benzene rings is 1. The monoisotopic (exact) mass is 319 g/mol. The van der Waals surface area contributed by atoms with Crippen LogP contribution in [0.25, 0.3) is 6.08 Å². The second-order valence-electron chi connectivity index (χ2n) is 7.50. The zero-order valence-corrected chi connectivity index (χ0v) is 14.2. The maximum absolute atomic E-state index is 13.1. The number of urea groups is 1. The van der Waals surface area contributed by atoms with Gasteiger partial charge in [0.05, 0.1) is 0 Å². The summed E-state index contributed by atoms with van der Waals surface area (Å²) < 4.78 is 13.1. The lowest BCUT2D eigenvalue weighted by atomic mass is 9.80. The summed E-state index contributed by atoms with van der Waals surface area (Å²) in [5, 5.41) is 9.28. The van der Waals surface area contributed by atoms with Crippen molar-refractivity contribution in [2.24, 2.45) is 0 Å². The largest absolute Gasteiger partial charge is 0.335 e. The summed E-state index contributed by atoms with van der Waals surface area (Å²) in [5.74, 6) is -0.296. The van der Waals surface area contributed by atoms with E-state index in [0.717, 1.165) is 12.8 Å². The molecule has 0 spiro atoms. The Hall–Kier alpha value is -1.88. The van der Waals surface area contributed by atoms with Crippen LogP contribution in [0.3, 0.4) is 0 Å². The Bertz CT molecular complexity index is 580. The summed E-state index contributed by atoms with van der Waals surface area (Å²) in [6, 6.07) is 6.08. The zero-order chi connectivity index (χ0) is 17.1. The van der Waals surface area contributed by atoms with E-state index < -0.39 is 0 Å². The number of piperidine rings is 1. The third kappa shape index (κ3) is 5.67. The maximum atomic E-state index is 13.1. The molecular formula is C18H26FN3O. The molecule has 2 amide bonds. The molecule has 4 nitrogen and oxygen atoms in total. The molecule has 1 heterocycles. The van der Waals surface area contributed by atoms with Gasteiger partial charge in [0, 0.05) is 23.3 Å². The Morgan fingerprint density at radius 3 is 2.52 bits per heavy atom. The molecule has 1 aromatic carbocycles. The molecule has 1 aliphatic rings. The number of halogens is 1. The van der Waals surface area contributed by atoms with E-state index >= 15 is 0 Å². The van der Waals surface area contributed by atoms with Crippen LogP contribution in [-0.4, -0.2) is 23.2 Å². The van der Waals surface area contributed by atoms with Crippen molar-refractivity contribution in [3.8, 4) is 0 Å². The highest BCUT2D eigenvalue weighted by atomic mass is 19.1. The quantitative estimate of drug-likeness (QED) is 0.800. The molecule has 0 unspecified atom stereocenters. The molecule has 0 saturated carbocycles. The molecule has 0 aliphatic carbocycles. The first-order valence-electron chi connectivity index (χ1n) is 7.94. The molecule has 23 heavy (non-hydrogen) atoms. The fourth-order valence-corrected chi connectivity index (χ4v) is 3.48. The number of hydrogen-bond acceptors (Lipinski definition) is 2. The molecule has 0 bridgehead atoms. The minimum absolute atomic E-state index is 0.0168. The Balaban J connectivity index is 1.87. The van der Waals surface area contributed by atoms with Crippen LogP contribution in [0.15, 0.2) is 30.5 Å². The average Bonchev–Trinajstić information content (AvgIpc) is 2.34. The molecule has 1 fully saturated rings. The molecule has 3 N–H and O–H groups in total. The molecule has 0 aromatic heterocycles. The molecule has 2 rings (SSSR count). The lowest BCUT2D eigenvalue weighted by Gasteiger charge is -2.46. The summed E-state index contributed by atoms with van der Waals surface area (Å²) in [4.78, 5) is 12.0. The van der Waals surface area contributed by atoms with Crippen LogP contribution in [0.5, 0.6) is 0 Å². The second kappa shape index (κ2) is 6.71. The van der Waals surface area contributed by atoms with Crippen LogP contribution in [0.1, 0.15) is 46.1 Å². The number of rotatable bonds is 3. The van der Waals surface area contributed by atoms with E-state index in [-0.39, 0.29) is 29.0 Å². The van der Waals surface area contributed by atoms with Crippen molar-refractivity contribution in [3.63, 3.8) is 0 Å². The van der Waals surface area contributed by atoms with Gasteiger partial charge in [0.25, 0.3) is 0 Å². The van der Waals surface area contributed by atoms with Gasteiger partial charge in [0.1, 0.15) is 5.82 Å². The number of nitrogens with one attached hydrogen (secondary N) is 3. The first-order valence-corrected chi connectivity index (χ1v) is 7.94. The van der Waals surface area contributed by atoms with Crippen molar-refractivity contribution in [2.75, 3.05) is 0 Å². The average molecular weight is 319 g/mol. The van der Waals surface area contributed by atoms with Crippen molar-refractivity contribution in [1.29, 1.82) is 0 Å². The van der Waals surface area contributed by atoms with Crippen molar-refractivity contribution in [3.05, 3.63) is 41.8 Å². The lowest BCUT2D eigenvalue weighted by Crippen LogP contribution is -2.62. The summed E-state index contributed by atoms with van der Waals surface area (Å²) in [6.07, 6.45) is 4.94. The van der Waals surface area contributed by atoms with E-state index in [4.69, 9.17) is 0 Å². The van der Waals surface area contributed by atoms with Crippen molar-refractivity contribution < 1.29 is 9.18 Å². The standard InChI is InChI=1S/C18H26FN3O/c1-17(2)11-15(12-18(3,4)22-17)21-16(23)20-9-8-13-6-5-7-14(19)10-13/h5-10,15,22H,11-12H2,1-4H3,(H2,20,21,23)/b9-8+. The van der Waals surface area contributed by atoms with Gasteiger partial charge in [0.15, 0.2) is 0 Å². The highest BCUT2D eigenvalue weighted by Crippen LogP contribution is 2.28. The summed E-state index contributed by atoms with van der Waals surface area (Å²) in [5.41, 5.74) is 0.670. The first kappa shape index (κ1) is 17.5. The third-order valence-corrected chi connectivity index (χ3v) is 3.86. The summed E-state index contributed by atoms with van der Waals surface area (Å²) in [6.45, 7) is 8.57. The Morgan fingerprint density at radius 1 is 1.26 bits per heavy atom. The summed E-state index contributed by atoms with van der Waals surface area (Å²) >= 11 is 0. The van der Waals surface area contributed by atoms with E-state index in [1.54, 1.807) is 18.2 Å². The van der Waals surface area contributed by atoms with Crippen LogP contribution in [0.2, 0.25) is 0 Å². The van der Waals surface area contributed by atoms with Gasteiger partial charge in [-0.25, -0.2) is 9.18 Å². The predicted molar refractivity (Wildman–Crippen MR) is 91.4 cm³/mol. The SMILES string of the molecule is CC1(C)CC(NC(=O)N/C=C/c2cccc(F)c2)CC(C)(C)N1. The Morgan fingerprint density at radius 2 is 1.91 bits per heavy atom. The maximum Gasteiger partial charge on any atom is 0.318 e. The van der Waals surface area contributed by atoms with Crippen LogP contribution >= 0.6 is 0 Å². The molecule has 0 radical (unpaired) electrons. The Kier molecular flexibility index (Phi) is 5.09. The van der Waals surface area contributed by atoms with Gasteiger partial charge in [-0.15, -0.1) is 0 Å². The van der Waals surface area contributed by atoms with Gasteiger partial charge in [-0.05, 0) is 64.3 Å². The number of amides is 2. The Labute approximate surface area is 137 Å². The van der Waals surface area contributed by atoms with Gasteiger partial charge < -0.3 is 16.0 Å². The number of carbonyl (C=O) groups excluding carboxylic acids is 1. The molecule has 0 atom stereocenters. The summed E-state index contributed by atoms with van der Waals surface area (Å²) in [7, 11) is 0. The molecule has 5 heteroatoms. The lowest BCUT2D eigenvalue weighted by molar-refractivity contribution is 0.148. The second-order valence-corrected chi connectivity index (χ2v) is 7.50. The molecule has 1 saturated heterocycles. The highest BCUT2D eigenvalue weighted by molar-refractivity contribution is 5.76. The van der Waals surface area contributed by atoms with E-state index in [1.165, 1.54) is 18.3 Å². The van der Waals surface area contributed by atoms with Crippen molar-refractivity contribution in [1.82, 2.24) is 16.0 Å². The highest BCUT2D eigenvalue weighted by Gasteiger charge is 2.38. The topological polar surface area (TPSA) is 53.2 Å². The smallest absolute Gasteiger partial charge is 0.318 e. The first-order chi connectivity index (χ1) is 10.7. The minimum atomic E-state index is -0.296. The number of hydrogen-bond donors (Lipinski definition) is 3. The van der Waals surface area contributed by atoms with Crippen LogP contribution < -0.4 is 16.0 Å². The van der Waals surface area contributed by atoms with Gasteiger partial charge in [-0.3, -0.25) is 0 Å². The van der Waals surface area contributed by atoms with E-state index in [2.05, 4.69) is 43.6 Å². The van der Waals surface area contributed by atoms with Crippen molar-refractivity contribution in [2.45, 2.75) is 57.7 Å². The van der Waals surface area contributed by atoms with Crippen LogP contribution in [-0.2, 0) is 0 Å². The van der Waals surface area contributed by atoms with Crippen LogP contribution in [0.4, 0.5) is 9.18 Å². The zero-order valence-electron chi connectivity index (χ0n) is 14.2. The minimum Gasteiger partial charge on any atom is -0.335 e. The van der Waals surface area contributed by atoms with Gasteiger partial charge in [-0.2, -0.15) is 0 Å². The molecule has 126 valence electrons. The van der Waals surface area contributed by atoms with Crippen LogP contribution in [0, 0.1) is 5.82 Å². The van der Waals surface area contributed by atoms with Gasteiger partial charge >= 0.3 is 6.03 Å². The molecule has 1 aromatic rings. The van der Waals surface area contributed by atoms with E-state index in [9.17, 15) is 9.18 Å².